The van der Waals surface area contributed by atoms with Gasteiger partial charge in [0.1, 0.15) is 0 Å². The van der Waals surface area contributed by atoms with E-state index >= 15 is 0 Å². The molecule has 0 aromatic heterocycles. The van der Waals surface area contributed by atoms with Gasteiger partial charge in [-0.1, -0.05) is 17.7 Å². The highest BCUT2D eigenvalue weighted by Gasteiger charge is 2.04. The Balaban J connectivity index is 2.92. The third kappa shape index (κ3) is 4.80. The number of benzene rings is 1. The van der Waals surface area contributed by atoms with E-state index in [4.69, 9.17) is 10.6 Å². The molecule has 5 heteroatoms. The van der Waals surface area contributed by atoms with Crippen molar-refractivity contribution in [1.29, 1.82) is 0 Å². The standard InChI is InChI=1S/C13H16FN3O/c1-10(2)9-13(16-7-8-17-15)18-12-6-4-3-5-11(12)14/h3-9,17H,15H2,1-2H3/b8-7+,16-13+. The molecule has 0 aliphatic rings. The second-order valence-corrected chi connectivity index (χ2v) is 3.70. The number of halogens is 1. The van der Waals surface area contributed by atoms with Gasteiger partial charge < -0.3 is 10.2 Å². The third-order valence-corrected chi connectivity index (χ3v) is 1.84. The Hall–Kier alpha value is -2.14. The lowest BCUT2D eigenvalue weighted by atomic mass is 10.3. The van der Waals surface area contributed by atoms with Crippen molar-refractivity contribution < 1.29 is 9.13 Å². The zero-order valence-corrected chi connectivity index (χ0v) is 10.4. The molecule has 0 amide bonds. The van der Waals surface area contributed by atoms with Gasteiger partial charge in [-0.15, -0.1) is 0 Å². The highest BCUT2D eigenvalue weighted by molar-refractivity contribution is 5.90. The van der Waals surface area contributed by atoms with E-state index < -0.39 is 5.82 Å². The molecule has 0 aliphatic heterocycles. The van der Waals surface area contributed by atoms with E-state index in [1.165, 1.54) is 24.5 Å². The van der Waals surface area contributed by atoms with Crippen LogP contribution in [0.3, 0.4) is 0 Å². The van der Waals surface area contributed by atoms with Gasteiger partial charge in [-0.25, -0.2) is 9.38 Å². The van der Waals surface area contributed by atoms with E-state index in [9.17, 15) is 4.39 Å². The Morgan fingerprint density at radius 1 is 1.39 bits per heavy atom. The molecular formula is C13H16FN3O. The second-order valence-electron chi connectivity index (χ2n) is 3.70. The fourth-order valence-electron chi connectivity index (χ4n) is 1.13. The predicted octanol–water partition coefficient (Wildman–Crippen LogP) is 2.50. The van der Waals surface area contributed by atoms with Crippen molar-refractivity contribution in [1.82, 2.24) is 5.43 Å². The number of hydrogen-bond donors (Lipinski definition) is 2. The first kappa shape index (κ1) is 13.9. The van der Waals surface area contributed by atoms with Crippen LogP contribution in [0.15, 0.2) is 53.3 Å². The summed E-state index contributed by atoms with van der Waals surface area (Å²) in [5.41, 5.74) is 3.30. The van der Waals surface area contributed by atoms with Gasteiger partial charge in [-0.3, -0.25) is 5.84 Å². The van der Waals surface area contributed by atoms with Crippen LogP contribution in [0.5, 0.6) is 5.75 Å². The Bertz CT molecular complexity index is 477. The number of rotatable bonds is 4. The van der Waals surface area contributed by atoms with E-state index in [1.54, 1.807) is 18.2 Å². The summed E-state index contributed by atoms with van der Waals surface area (Å²) in [5.74, 6) is 5.05. The molecule has 1 aromatic carbocycles. The lowest BCUT2D eigenvalue weighted by Gasteiger charge is -2.06. The van der Waals surface area contributed by atoms with Crippen LogP contribution in [0.2, 0.25) is 0 Å². The van der Waals surface area contributed by atoms with E-state index in [0.717, 1.165) is 5.57 Å². The molecule has 0 atom stereocenters. The molecule has 0 heterocycles. The lowest BCUT2D eigenvalue weighted by Crippen LogP contribution is -2.13. The van der Waals surface area contributed by atoms with Crippen molar-refractivity contribution in [2.45, 2.75) is 13.8 Å². The number of nitrogens with zero attached hydrogens (tertiary/aromatic N) is 1. The first-order valence-corrected chi connectivity index (χ1v) is 5.39. The molecule has 3 N–H and O–H groups in total. The SMILES string of the molecule is CC(C)=C/C(=N\C=C\NN)Oc1ccccc1F. The summed E-state index contributed by atoms with van der Waals surface area (Å²) < 4.78 is 18.8. The summed E-state index contributed by atoms with van der Waals surface area (Å²) in [4.78, 5) is 4.02. The van der Waals surface area contributed by atoms with Gasteiger partial charge in [0.15, 0.2) is 11.6 Å². The van der Waals surface area contributed by atoms with Gasteiger partial charge >= 0.3 is 0 Å². The summed E-state index contributed by atoms with van der Waals surface area (Å²) in [6.45, 7) is 3.79. The number of hydrogen-bond acceptors (Lipinski definition) is 4. The molecule has 96 valence electrons. The summed E-state index contributed by atoms with van der Waals surface area (Å²) in [6, 6.07) is 6.15. The Morgan fingerprint density at radius 2 is 2.11 bits per heavy atom. The van der Waals surface area contributed by atoms with Gasteiger partial charge in [0.25, 0.3) is 0 Å². The minimum absolute atomic E-state index is 0.128. The fourth-order valence-corrected chi connectivity index (χ4v) is 1.13. The van der Waals surface area contributed by atoms with Crippen molar-refractivity contribution in [2.24, 2.45) is 10.8 Å². The smallest absolute Gasteiger partial charge is 0.219 e. The van der Waals surface area contributed by atoms with E-state index in [1.807, 2.05) is 13.8 Å². The van der Waals surface area contributed by atoms with Crippen LogP contribution in [-0.2, 0) is 0 Å². The van der Waals surface area contributed by atoms with Gasteiger partial charge in [0.05, 0.1) is 0 Å². The highest BCUT2D eigenvalue weighted by atomic mass is 19.1. The van der Waals surface area contributed by atoms with Crippen molar-refractivity contribution in [3.05, 3.63) is 54.1 Å². The molecule has 0 aliphatic carbocycles. The summed E-state index contributed by atoms with van der Waals surface area (Å²) in [6.07, 6.45) is 4.56. The van der Waals surface area contributed by atoms with Crippen molar-refractivity contribution in [2.75, 3.05) is 0 Å². The number of allylic oxidation sites excluding steroid dienone is 1. The minimum Gasteiger partial charge on any atom is -0.436 e. The van der Waals surface area contributed by atoms with Gasteiger partial charge in [-0.05, 0) is 32.1 Å². The van der Waals surface area contributed by atoms with Crippen molar-refractivity contribution >= 4 is 5.90 Å². The van der Waals surface area contributed by atoms with Crippen LogP contribution < -0.4 is 16.0 Å². The Morgan fingerprint density at radius 3 is 2.72 bits per heavy atom. The summed E-state index contributed by atoms with van der Waals surface area (Å²) >= 11 is 0. The average molecular weight is 249 g/mol. The molecule has 0 saturated carbocycles. The highest BCUT2D eigenvalue weighted by Crippen LogP contribution is 2.16. The van der Waals surface area contributed by atoms with Crippen LogP contribution in [0.1, 0.15) is 13.8 Å². The molecule has 0 bridgehead atoms. The maximum atomic E-state index is 13.4. The van der Waals surface area contributed by atoms with Crippen LogP contribution in [0.25, 0.3) is 0 Å². The molecular weight excluding hydrogens is 233 g/mol. The number of hydrazine groups is 1. The van der Waals surface area contributed by atoms with Gasteiger partial charge in [0.2, 0.25) is 5.90 Å². The van der Waals surface area contributed by atoms with Crippen LogP contribution in [0.4, 0.5) is 4.39 Å². The predicted molar refractivity (Wildman–Crippen MR) is 70.4 cm³/mol. The minimum atomic E-state index is -0.437. The zero-order valence-electron chi connectivity index (χ0n) is 10.4. The second kappa shape index (κ2) is 7.24. The summed E-state index contributed by atoms with van der Waals surface area (Å²) in [5, 5.41) is 0. The molecule has 1 rings (SSSR count). The number of nitrogens with two attached hydrogens (primary N) is 1. The molecule has 4 nitrogen and oxygen atoms in total. The molecule has 0 unspecified atom stereocenters. The molecule has 0 spiro atoms. The zero-order chi connectivity index (χ0) is 13.4. The summed E-state index contributed by atoms with van der Waals surface area (Å²) in [7, 11) is 0. The first-order chi connectivity index (χ1) is 8.63. The van der Waals surface area contributed by atoms with E-state index in [2.05, 4.69) is 10.4 Å². The number of nitrogens with one attached hydrogen (secondary N) is 1. The topological polar surface area (TPSA) is 59.6 Å². The van der Waals surface area contributed by atoms with E-state index in [-0.39, 0.29) is 11.6 Å². The largest absolute Gasteiger partial charge is 0.436 e. The third-order valence-electron chi connectivity index (χ3n) is 1.84. The molecule has 18 heavy (non-hydrogen) atoms. The van der Waals surface area contributed by atoms with Crippen molar-refractivity contribution in [3.63, 3.8) is 0 Å². The normalized spacial score (nSPS) is 11.4. The van der Waals surface area contributed by atoms with Crippen LogP contribution in [0, 0.1) is 5.82 Å². The molecule has 0 fully saturated rings. The van der Waals surface area contributed by atoms with Crippen molar-refractivity contribution in [3.8, 4) is 5.75 Å². The molecule has 0 radical (unpaired) electrons. The van der Waals surface area contributed by atoms with Gasteiger partial charge in [0, 0.05) is 12.4 Å². The average Bonchev–Trinajstić information content (AvgIpc) is 2.31. The first-order valence-electron chi connectivity index (χ1n) is 5.39. The maximum Gasteiger partial charge on any atom is 0.219 e. The number of aliphatic imine (C=N–C) groups is 1. The lowest BCUT2D eigenvalue weighted by molar-refractivity contribution is 0.493. The Labute approximate surface area is 106 Å². The molecule has 1 aromatic rings. The monoisotopic (exact) mass is 249 g/mol. The van der Waals surface area contributed by atoms with Gasteiger partial charge in [-0.2, -0.15) is 0 Å². The fraction of sp³-hybridized carbons (Fsp3) is 0.154. The van der Waals surface area contributed by atoms with Crippen LogP contribution in [-0.4, -0.2) is 5.90 Å². The Kier molecular flexibility index (Phi) is 5.60. The number of para-hydroxylation sites is 1. The maximum absolute atomic E-state index is 13.4. The number of ether oxygens (including phenoxy) is 1. The van der Waals surface area contributed by atoms with Crippen LogP contribution >= 0.6 is 0 Å². The quantitative estimate of drug-likeness (QED) is 0.373. The molecule has 0 saturated heterocycles. The van der Waals surface area contributed by atoms with E-state index in [0.29, 0.717) is 0 Å².